The summed E-state index contributed by atoms with van der Waals surface area (Å²) < 4.78 is 0. The van der Waals surface area contributed by atoms with E-state index in [1.807, 2.05) is 25.1 Å². The minimum absolute atomic E-state index is 0.0609. The van der Waals surface area contributed by atoms with Crippen molar-refractivity contribution in [3.63, 3.8) is 0 Å². The predicted octanol–water partition coefficient (Wildman–Crippen LogP) is 1.17. The average Bonchev–Trinajstić information content (AvgIpc) is 2.35. The Morgan fingerprint density at radius 3 is 3.00 bits per heavy atom. The lowest BCUT2D eigenvalue weighted by Crippen LogP contribution is -2.27. The molecule has 1 amide bonds. The Kier molecular flexibility index (Phi) is 5.76. The van der Waals surface area contributed by atoms with Crippen molar-refractivity contribution in [3.8, 4) is 6.07 Å². The summed E-state index contributed by atoms with van der Waals surface area (Å²) in [5.41, 5.74) is 1.72. The van der Waals surface area contributed by atoms with Crippen LogP contribution in [-0.2, 0) is 11.3 Å². The van der Waals surface area contributed by atoms with Gasteiger partial charge in [-0.05, 0) is 24.6 Å². The molecule has 0 fully saturated rings. The molecule has 0 saturated carbocycles. The van der Waals surface area contributed by atoms with Crippen LogP contribution in [0.4, 0.5) is 0 Å². The van der Waals surface area contributed by atoms with Gasteiger partial charge in [0, 0.05) is 26.1 Å². The number of hydrogen-bond donors (Lipinski definition) is 2. The van der Waals surface area contributed by atoms with Gasteiger partial charge in [0.25, 0.3) is 0 Å². The number of nitrogens with zero attached hydrogens (tertiary/aromatic N) is 1. The molecule has 0 saturated heterocycles. The molecule has 0 aliphatic heterocycles. The van der Waals surface area contributed by atoms with Gasteiger partial charge in [0.15, 0.2) is 0 Å². The molecule has 0 bridgehead atoms. The summed E-state index contributed by atoms with van der Waals surface area (Å²) in [5, 5.41) is 14.7. The summed E-state index contributed by atoms with van der Waals surface area (Å²) in [4.78, 5) is 11.2. The molecule has 0 spiro atoms. The van der Waals surface area contributed by atoms with Gasteiger partial charge < -0.3 is 10.6 Å². The van der Waals surface area contributed by atoms with E-state index < -0.39 is 0 Å². The van der Waals surface area contributed by atoms with Gasteiger partial charge in [-0.25, -0.2) is 0 Å². The first-order chi connectivity index (χ1) is 8.26. The molecule has 0 heterocycles. The fourth-order valence-electron chi connectivity index (χ4n) is 1.47. The topological polar surface area (TPSA) is 64.9 Å². The zero-order chi connectivity index (χ0) is 12.5. The molecule has 1 rings (SSSR count). The third kappa shape index (κ3) is 5.14. The third-order valence-electron chi connectivity index (χ3n) is 2.29. The van der Waals surface area contributed by atoms with E-state index in [1.165, 1.54) is 0 Å². The number of nitrogens with one attached hydrogen (secondary N) is 2. The second-order valence-corrected chi connectivity index (χ2v) is 3.69. The SMILES string of the molecule is CCNC(=O)CCNCc1cccc(C#N)c1. The van der Waals surface area contributed by atoms with Gasteiger partial charge in [0.1, 0.15) is 0 Å². The summed E-state index contributed by atoms with van der Waals surface area (Å²) >= 11 is 0. The normalized spacial score (nSPS) is 9.65. The Morgan fingerprint density at radius 2 is 2.29 bits per heavy atom. The number of hydrogen-bond acceptors (Lipinski definition) is 3. The number of carbonyl (C=O) groups is 1. The summed E-state index contributed by atoms with van der Waals surface area (Å²) in [6.45, 7) is 3.89. The van der Waals surface area contributed by atoms with Crippen molar-refractivity contribution in [1.82, 2.24) is 10.6 Å². The fourth-order valence-corrected chi connectivity index (χ4v) is 1.47. The van der Waals surface area contributed by atoms with Crippen LogP contribution < -0.4 is 10.6 Å². The van der Waals surface area contributed by atoms with Gasteiger partial charge in [-0.1, -0.05) is 12.1 Å². The Labute approximate surface area is 102 Å². The lowest BCUT2D eigenvalue weighted by atomic mass is 10.1. The van der Waals surface area contributed by atoms with Crippen LogP contribution in [0.2, 0.25) is 0 Å². The van der Waals surface area contributed by atoms with E-state index in [0.717, 1.165) is 5.56 Å². The number of benzene rings is 1. The molecule has 0 aliphatic carbocycles. The summed E-state index contributed by atoms with van der Waals surface area (Å²) in [6, 6.07) is 9.54. The van der Waals surface area contributed by atoms with E-state index in [1.54, 1.807) is 6.07 Å². The Bertz CT molecular complexity index is 409. The zero-order valence-corrected chi connectivity index (χ0v) is 9.99. The second kappa shape index (κ2) is 7.42. The molecule has 2 N–H and O–H groups in total. The first-order valence-corrected chi connectivity index (χ1v) is 5.72. The molecule has 17 heavy (non-hydrogen) atoms. The predicted molar refractivity (Wildman–Crippen MR) is 66.2 cm³/mol. The number of nitriles is 1. The number of carbonyl (C=O) groups excluding carboxylic acids is 1. The van der Waals surface area contributed by atoms with Crippen LogP contribution in [0.5, 0.6) is 0 Å². The fraction of sp³-hybridized carbons (Fsp3) is 0.385. The second-order valence-electron chi connectivity index (χ2n) is 3.69. The minimum Gasteiger partial charge on any atom is -0.356 e. The highest BCUT2D eigenvalue weighted by molar-refractivity contribution is 5.75. The highest BCUT2D eigenvalue weighted by Crippen LogP contribution is 2.03. The van der Waals surface area contributed by atoms with E-state index >= 15 is 0 Å². The van der Waals surface area contributed by atoms with Crippen molar-refractivity contribution in [3.05, 3.63) is 35.4 Å². The Balaban J connectivity index is 2.27. The maximum atomic E-state index is 11.2. The first-order valence-electron chi connectivity index (χ1n) is 5.72. The number of amides is 1. The maximum absolute atomic E-state index is 11.2. The minimum atomic E-state index is 0.0609. The van der Waals surface area contributed by atoms with Crippen molar-refractivity contribution in [1.29, 1.82) is 5.26 Å². The molecule has 4 nitrogen and oxygen atoms in total. The zero-order valence-electron chi connectivity index (χ0n) is 9.99. The summed E-state index contributed by atoms with van der Waals surface area (Å²) in [5.74, 6) is 0.0609. The van der Waals surface area contributed by atoms with Gasteiger partial charge in [-0.15, -0.1) is 0 Å². The molecular weight excluding hydrogens is 214 g/mol. The molecule has 0 aromatic heterocycles. The molecule has 90 valence electrons. The smallest absolute Gasteiger partial charge is 0.221 e. The van der Waals surface area contributed by atoms with Gasteiger partial charge in [-0.2, -0.15) is 5.26 Å². The van der Waals surface area contributed by atoms with Crippen LogP contribution in [0.25, 0.3) is 0 Å². The van der Waals surface area contributed by atoms with Crippen molar-refractivity contribution in [2.24, 2.45) is 0 Å². The summed E-state index contributed by atoms with van der Waals surface area (Å²) in [7, 11) is 0. The lowest BCUT2D eigenvalue weighted by Gasteiger charge is -2.05. The first kappa shape index (κ1) is 13.2. The van der Waals surface area contributed by atoms with Crippen LogP contribution >= 0.6 is 0 Å². The van der Waals surface area contributed by atoms with Gasteiger partial charge in [-0.3, -0.25) is 4.79 Å². The molecule has 1 aromatic carbocycles. The van der Waals surface area contributed by atoms with E-state index in [9.17, 15) is 4.79 Å². The van der Waals surface area contributed by atoms with Crippen molar-refractivity contribution >= 4 is 5.91 Å². The number of rotatable bonds is 6. The quantitative estimate of drug-likeness (QED) is 0.722. The monoisotopic (exact) mass is 231 g/mol. The highest BCUT2D eigenvalue weighted by atomic mass is 16.1. The molecule has 0 radical (unpaired) electrons. The maximum Gasteiger partial charge on any atom is 0.221 e. The van der Waals surface area contributed by atoms with Gasteiger partial charge >= 0.3 is 0 Å². The van der Waals surface area contributed by atoms with Crippen molar-refractivity contribution < 1.29 is 4.79 Å². The standard InChI is InChI=1S/C13H17N3O/c1-2-16-13(17)6-7-15-10-12-5-3-4-11(8-12)9-14/h3-5,8,15H,2,6-7,10H2,1H3,(H,16,17). The molecule has 0 atom stereocenters. The Hall–Kier alpha value is -1.86. The van der Waals surface area contributed by atoms with Crippen molar-refractivity contribution in [2.45, 2.75) is 19.9 Å². The molecule has 4 heteroatoms. The summed E-state index contributed by atoms with van der Waals surface area (Å²) in [6.07, 6.45) is 0.478. The van der Waals surface area contributed by atoms with Crippen LogP contribution in [0.15, 0.2) is 24.3 Å². The van der Waals surface area contributed by atoms with Crippen molar-refractivity contribution in [2.75, 3.05) is 13.1 Å². The third-order valence-corrected chi connectivity index (χ3v) is 2.29. The van der Waals surface area contributed by atoms with Gasteiger partial charge in [0.05, 0.1) is 11.6 Å². The van der Waals surface area contributed by atoms with Crippen LogP contribution in [0.3, 0.4) is 0 Å². The molecule has 1 aromatic rings. The van der Waals surface area contributed by atoms with E-state index in [4.69, 9.17) is 5.26 Å². The van der Waals surface area contributed by atoms with Crippen LogP contribution in [0, 0.1) is 11.3 Å². The van der Waals surface area contributed by atoms with E-state index in [2.05, 4.69) is 16.7 Å². The van der Waals surface area contributed by atoms with Crippen LogP contribution in [0.1, 0.15) is 24.5 Å². The molecule has 0 unspecified atom stereocenters. The van der Waals surface area contributed by atoms with Crippen LogP contribution in [-0.4, -0.2) is 19.0 Å². The van der Waals surface area contributed by atoms with E-state index in [0.29, 0.717) is 31.6 Å². The molecular formula is C13H17N3O. The van der Waals surface area contributed by atoms with Gasteiger partial charge in [0.2, 0.25) is 5.91 Å². The Morgan fingerprint density at radius 1 is 1.47 bits per heavy atom. The molecule has 0 aliphatic rings. The highest BCUT2D eigenvalue weighted by Gasteiger charge is 1.99. The van der Waals surface area contributed by atoms with E-state index in [-0.39, 0.29) is 5.91 Å². The average molecular weight is 231 g/mol. The lowest BCUT2D eigenvalue weighted by molar-refractivity contribution is -0.120. The largest absolute Gasteiger partial charge is 0.356 e.